The lowest BCUT2D eigenvalue weighted by molar-refractivity contribution is 0.322. The first kappa shape index (κ1) is 22.7. The van der Waals surface area contributed by atoms with E-state index in [1.54, 1.807) is 0 Å². The molecule has 1 aliphatic rings. The van der Waals surface area contributed by atoms with Crippen molar-refractivity contribution in [3.63, 3.8) is 0 Å². The molecule has 3 nitrogen and oxygen atoms in total. The van der Waals surface area contributed by atoms with E-state index in [4.69, 9.17) is 21.3 Å². The fourth-order valence-electron chi connectivity index (χ4n) is 4.82. The maximum atomic E-state index is 13.8. The molecular weight excluding hydrogens is 447 g/mol. The predicted molar refractivity (Wildman–Crippen MR) is 139 cm³/mol. The number of halogens is 2. The van der Waals surface area contributed by atoms with Gasteiger partial charge in [0.05, 0.1) is 12.1 Å². The number of pyridine rings is 1. The van der Waals surface area contributed by atoms with Crippen molar-refractivity contribution >= 4 is 28.2 Å². The van der Waals surface area contributed by atoms with Gasteiger partial charge in [0.25, 0.3) is 0 Å². The Bertz CT molecular complexity index is 1280. The quantitative estimate of drug-likeness (QED) is 0.287. The molecule has 0 N–H and O–H groups in total. The number of aryl methyl sites for hydroxylation is 1. The Morgan fingerprint density at radius 2 is 1.68 bits per heavy atom. The van der Waals surface area contributed by atoms with Gasteiger partial charge in [0, 0.05) is 41.3 Å². The van der Waals surface area contributed by atoms with Gasteiger partial charge in [0.2, 0.25) is 0 Å². The highest BCUT2D eigenvalue weighted by molar-refractivity contribution is 6.30. The summed E-state index contributed by atoms with van der Waals surface area (Å²) < 4.78 is 19.8. The Morgan fingerprint density at radius 1 is 0.941 bits per heavy atom. The largest absolute Gasteiger partial charge is 0.493 e. The molecule has 1 saturated heterocycles. The van der Waals surface area contributed by atoms with Gasteiger partial charge in [-0.15, -0.1) is 0 Å². The number of aromatic nitrogens is 1. The molecule has 1 aromatic heterocycles. The van der Waals surface area contributed by atoms with Crippen LogP contribution >= 0.6 is 11.6 Å². The summed E-state index contributed by atoms with van der Waals surface area (Å²) in [5, 5.41) is 1.78. The average molecular weight is 475 g/mol. The number of rotatable bonds is 6. The van der Waals surface area contributed by atoms with Crippen LogP contribution in [0.1, 0.15) is 30.5 Å². The number of fused-ring (bicyclic) bond motifs is 1. The second-order valence-corrected chi connectivity index (χ2v) is 9.30. The van der Waals surface area contributed by atoms with Gasteiger partial charge in [-0.1, -0.05) is 23.7 Å². The maximum Gasteiger partial charge on any atom is 0.123 e. The van der Waals surface area contributed by atoms with Crippen LogP contribution in [0.4, 0.5) is 10.1 Å². The number of nitrogens with zero attached hydrogens (tertiary/aromatic N) is 2. The van der Waals surface area contributed by atoms with Crippen molar-refractivity contribution in [2.24, 2.45) is 0 Å². The van der Waals surface area contributed by atoms with Crippen LogP contribution in [0, 0.1) is 12.7 Å². The molecule has 0 radical (unpaired) electrons. The van der Waals surface area contributed by atoms with E-state index in [1.165, 1.54) is 37.1 Å². The zero-order valence-corrected chi connectivity index (χ0v) is 20.1. The summed E-state index contributed by atoms with van der Waals surface area (Å²) in [6.07, 6.45) is 4.44. The van der Waals surface area contributed by atoms with Crippen LogP contribution in [-0.4, -0.2) is 24.7 Å². The van der Waals surface area contributed by atoms with E-state index in [0.717, 1.165) is 52.1 Å². The SMILES string of the molecule is Cc1nc2ccc(N3CCCCC3)cc2c(-c2ccc(F)cc2)c1CCOc1ccc(Cl)cc1. The van der Waals surface area contributed by atoms with E-state index in [1.807, 2.05) is 43.3 Å². The molecule has 3 aromatic carbocycles. The summed E-state index contributed by atoms with van der Waals surface area (Å²) in [5.41, 5.74) is 6.39. The molecule has 5 heteroatoms. The third kappa shape index (κ3) is 4.88. The van der Waals surface area contributed by atoms with Crippen molar-refractivity contribution in [2.75, 3.05) is 24.6 Å². The van der Waals surface area contributed by atoms with Crippen LogP contribution in [0.5, 0.6) is 5.75 Å². The third-order valence-corrected chi connectivity index (χ3v) is 6.82. The molecule has 0 spiro atoms. The van der Waals surface area contributed by atoms with E-state index in [0.29, 0.717) is 18.1 Å². The zero-order chi connectivity index (χ0) is 23.5. The summed E-state index contributed by atoms with van der Waals surface area (Å²) >= 11 is 5.99. The normalized spacial score (nSPS) is 13.9. The van der Waals surface area contributed by atoms with Crippen molar-refractivity contribution < 1.29 is 9.13 Å². The zero-order valence-electron chi connectivity index (χ0n) is 19.4. The fourth-order valence-corrected chi connectivity index (χ4v) is 4.94. The Balaban J connectivity index is 1.56. The van der Waals surface area contributed by atoms with Crippen LogP contribution in [0.25, 0.3) is 22.0 Å². The lowest BCUT2D eigenvalue weighted by Crippen LogP contribution is -2.29. The van der Waals surface area contributed by atoms with Gasteiger partial charge in [0.15, 0.2) is 0 Å². The van der Waals surface area contributed by atoms with E-state index in [-0.39, 0.29) is 5.82 Å². The van der Waals surface area contributed by atoms with Gasteiger partial charge >= 0.3 is 0 Å². The van der Waals surface area contributed by atoms with Crippen molar-refractivity contribution in [1.29, 1.82) is 0 Å². The van der Waals surface area contributed by atoms with E-state index >= 15 is 0 Å². The summed E-state index contributed by atoms with van der Waals surface area (Å²) in [6, 6.07) is 20.7. The molecule has 0 bridgehead atoms. The molecule has 0 amide bonds. The molecule has 0 unspecified atom stereocenters. The molecule has 1 fully saturated rings. The molecular formula is C29H28ClFN2O. The molecule has 1 aliphatic heterocycles. The summed E-state index contributed by atoms with van der Waals surface area (Å²) in [4.78, 5) is 7.40. The number of benzene rings is 3. The van der Waals surface area contributed by atoms with Crippen molar-refractivity contribution in [2.45, 2.75) is 32.6 Å². The van der Waals surface area contributed by atoms with E-state index < -0.39 is 0 Å². The van der Waals surface area contributed by atoms with Crippen molar-refractivity contribution in [3.8, 4) is 16.9 Å². The molecule has 4 aromatic rings. The Morgan fingerprint density at radius 3 is 2.41 bits per heavy atom. The topological polar surface area (TPSA) is 25.4 Å². The van der Waals surface area contributed by atoms with Crippen molar-refractivity contribution in [3.05, 3.63) is 88.8 Å². The summed E-state index contributed by atoms with van der Waals surface area (Å²) in [5.74, 6) is 0.548. The second kappa shape index (κ2) is 10.0. The summed E-state index contributed by atoms with van der Waals surface area (Å²) in [7, 11) is 0. The highest BCUT2D eigenvalue weighted by Crippen LogP contribution is 2.36. The van der Waals surface area contributed by atoms with Crippen molar-refractivity contribution in [1.82, 2.24) is 4.98 Å². The van der Waals surface area contributed by atoms with Gasteiger partial charge in [0.1, 0.15) is 11.6 Å². The minimum Gasteiger partial charge on any atom is -0.493 e. The minimum atomic E-state index is -0.236. The molecule has 0 atom stereocenters. The monoisotopic (exact) mass is 474 g/mol. The minimum absolute atomic E-state index is 0.236. The highest BCUT2D eigenvalue weighted by atomic mass is 35.5. The lowest BCUT2D eigenvalue weighted by Gasteiger charge is -2.29. The number of anilines is 1. The van der Waals surface area contributed by atoms with E-state index in [2.05, 4.69) is 23.1 Å². The average Bonchev–Trinajstić information content (AvgIpc) is 2.86. The Hall–Kier alpha value is -3.11. The number of ether oxygens (including phenoxy) is 1. The molecule has 5 rings (SSSR count). The predicted octanol–water partition coefficient (Wildman–Crippen LogP) is 7.61. The summed E-state index contributed by atoms with van der Waals surface area (Å²) in [6.45, 7) is 4.72. The van der Waals surface area contributed by atoms with Crippen LogP contribution in [0.15, 0.2) is 66.7 Å². The molecule has 0 aliphatic carbocycles. The molecule has 2 heterocycles. The van der Waals surface area contributed by atoms with Gasteiger partial charge in [-0.05, 0) is 97.5 Å². The lowest BCUT2D eigenvalue weighted by atomic mass is 9.92. The maximum absolute atomic E-state index is 13.8. The first-order valence-corrected chi connectivity index (χ1v) is 12.3. The fraction of sp³-hybridized carbons (Fsp3) is 0.276. The first-order chi connectivity index (χ1) is 16.6. The molecule has 34 heavy (non-hydrogen) atoms. The standard InChI is InChI=1S/C29H28ClFN2O/c1-20-26(15-18-34-25-12-7-22(30)8-13-25)29(21-5-9-23(31)10-6-21)27-19-24(11-14-28(27)32-20)33-16-3-2-4-17-33/h5-14,19H,2-4,15-18H2,1H3. The highest BCUT2D eigenvalue weighted by Gasteiger charge is 2.18. The second-order valence-electron chi connectivity index (χ2n) is 8.86. The van der Waals surface area contributed by atoms with Crippen LogP contribution < -0.4 is 9.64 Å². The third-order valence-electron chi connectivity index (χ3n) is 6.56. The molecule has 174 valence electrons. The van der Waals surface area contributed by atoms with Gasteiger partial charge in [-0.25, -0.2) is 4.39 Å². The first-order valence-electron chi connectivity index (χ1n) is 11.9. The number of hydrogen-bond acceptors (Lipinski definition) is 3. The molecule has 0 saturated carbocycles. The Kier molecular flexibility index (Phi) is 6.68. The Labute approximate surface area is 205 Å². The van der Waals surface area contributed by atoms with Gasteiger partial charge in [-0.2, -0.15) is 0 Å². The van der Waals surface area contributed by atoms with Gasteiger partial charge < -0.3 is 9.64 Å². The number of hydrogen-bond donors (Lipinski definition) is 0. The number of piperidine rings is 1. The van der Waals surface area contributed by atoms with Crippen LogP contribution in [0.2, 0.25) is 5.02 Å². The van der Waals surface area contributed by atoms with Crippen LogP contribution in [0.3, 0.4) is 0 Å². The smallest absolute Gasteiger partial charge is 0.123 e. The van der Waals surface area contributed by atoms with Crippen LogP contribution in [-0.2, 0) is 6.42 Å². The van der Waals surface area contributed by atoms with E-state index in [9.17, 15) is 4.39 Å². The van der Waals surface area contributed by atoms with Gasteiger partial charge in [-0.3, -0.25) is 4.98 Å².